The summed E-state index contributed by atoms with van der Waals surface area (Å²) in [6.07, 6.45) is -0.0582. The number of carbonyl (C=O) groups is 1. The molecule has 3 aromatic rings. The minimum atomic E-state index is -3.84. The highest BCUT2D eigenvalue weighted by molar-refractivity contribution is 7.92. The number of nitrogens with one attached hydrogen (secondary N) is 1. The Morgan fingerprint density at radius 1 is 0.931 bits per heavy atom. The van der Waals surface area contributed by atoms with Crippen LogP contribution in [0.2, 0.25) is 0 Å². The lowest BCUT2D eigenvalue weighted by Crippen LogP contribution is -2.34. The minimum absolute atomic E-state index is 0.0345. The van der Waals surface area contributed by atoms with Crippen molar-refractivity contribution in [2.75, 3.05) is 16.2 Å². The highest BCUT2D eigenvalue weighted by Crippen LogP contribution is 2.24. The van der Waals surface area contributed by atoms with Gasteiger partial charge in [0.25, 0.3) is 10.0 Å². The van der Waals surface area contributed by atoms with Crippen molar-refractivity contribution in [1.82, 2.24) is 0 Å². The first-order valence-corrected chi connectivity index (χ1v) is 10.5. The summed E-state index contributed by atoms with van der Waals surface area (Å²) in [5.74, 6) is -0.765. The maximum Gasteiger partial charge on any atom is 0.264 e. The first kappa shape index (κ1) is 20.5. The summed E-state index contributed by atoms with van der Waals surface area (Å²) in [5.41, 5.74) is 1.88. The van der Waals surface area contributed by atoms with Crippen LogP contribution in [0.25, 0.3) is 0 Å². The Morgan fingerprint density at radius 3 is 2.17 bits per heavy atom. The molecule has 0 unspecified atom stereocenters. The summed E-state index contributed by atoms with van der Waals surface area (Å²) < 4.78 is 40.6. The normalized spacial score (nSPS) is 11.1. The number of hydrogen-bond acceptors (Lipinski definition) is 3. The molecule has 0 atom stereocenters. The van der Waals surface area contributed by atoms with Gasteiger partial charge in [0.1, 0.15) is 5.82 Å². The van der Waals surface area contributed by atoms with Crippen molar-refractivity contribution in [2.24, 2.45) is 0 Å². The van der Waals surface area contributed by atoms with Crippen LogP contribution in [0.1, 0.15) is 12.0 Å². The van der Waals surface area contributed by atoms with Gasteiger partial charge in [-0.05, 0) is 55.5 Å². The molecular weight excluding hydrogens is 391 g/mol. The fraction of sp³-hybridized carbons (Fsp3) is 0.136. The molecule has 7 heteroatoms. The lowest BCUT2D eigenvalue weighted by molar-refractivity contribution is -0.116. The predicted molar refractivity (Wildman–Crippen MR) is 112 cm³/mol. The van der Waals surface area contributed by atoms with Crippen LogP contribution in [0.4, 0.5) is 15.8 Å². The molecule has 0 fully saturated rings. The van der Waals surface area contributed by atoms with Gasteiger partial charge in [-0.3, -0.25) is 9.10 Å². The van der Waals surface area contributed by atoms with Crippen LogP contribution in [-0.4, -0.2) is 20.9 Å². The molecule has 0 bridgehead atoms. The van der Waals surface area contributed by atoms with Crippen molar-refractivity contribution in [3.63, 3.8) is 0 Å². The number of para-hydroxylation sites is 1. The third kappa shape index (κ3) is 5.20. The first-order valence-electron chi connectivity index (χ1n) is 9.06. The Balaban J connectivity index is 1.80. The lowest BCUT2D eigenvalue weighted by atomic mass is 10.2. The molecule has 0 saturated heterocycles. The molecule has 0 radical (unpaired) electrons. The number of carbonyl (C=O) groups excluding carboxylic acids is 1. The molecule has 0 aliphatic carbocycles. The Bertz CT molecular complexity index is 1070. The van der Waals surface area contributed by atoms with E-state index in [-0.39, 0.29) is 23.8 Å². The largest absolute Gasteiger partial charge is 0.326 e. The zero-order valence-electron chi connectivity index (χ0n) is 15.9. The van der Waals surface area contributed by atoms with Crippen LogP contribution in [-0.2, 0) is 14.8 Å². The molecule has 3 aromatic carbocycles. The maximum absolute atomic E-state index is 13.2. The molecule has 0 aromatic heterocycles. The molecule has 1 N–H and O–H groups in total. The highest BCUT2D eigenvalue weighted by atomic mass is 32.2. The van der Waals surface area contributed by atoms with Crippen molar-refractivity contribution in [3.05, 3.63) is 90.2 Å². The van der Waals surface area contributed by atoms with E-state index < -0.39 is 15.8 Å². The average molecular weight is 412 g/mol. The van der Waals surface area contributed by atoms with Gasteiger partial charge in [-0.15, -0.1) is 0 Å². The number of aryl methyl sites for hydroxylation is 1. The van der Waals surface area contributed by atoms with Crippen molar-refractivity contribution in [1.29, 1.82) is 0 Å². The molecule has 0 aliphatic heterocycles. The number of halogens is 1. The monoisotopic (exact) mass is 412 g/mol. The number of nitrogens with zero attached hydrogens (tertiary/aromatic N) is 1. The van der Waals surface area contributed by atoms with Gasteiger partial charge in [0.05, 0.1) is 10.6 Å². The molecule has 0 saturated carbocycles. The SMILES string of the molecule is Cc1ccc(S(=O)(=O)N(CCC(=O)Nc2ccc(F)cc2)c2ccccc2)cc1. The molecular formula is C22H21FN2O3S. The molecule has 150 valence electrons. The molecule has 0 heterocycles. The van der Waals surface area contributed by atoms with Crippen LogP contribution < -0.4 is 9.62 Å². The highest BCUT2D eigenvalue weighted by Gasteiger charge is 2.25. The summed E-state index contributed by atoms with van der Waals surface area (Å²) in [6, 6.07) is 20.6. The number of amides is 1. The zero-order valence-corrected chi connectivity index (χ0v) is 16.7. The van der Waals surface area contributed by atoms with Crippen LogP contribution in [0.5, 0.6) is 0 Å². The molecule has 29 heavy (non-hydrogen) atoms. The van der Waals surface area contributed by atoms with E-state index in [1.54, 1.807) is 54.6 Å². The van der Waals surface area contributed by atoms with E-state index >= 15 is 0 Å². The second kappa shape index (κ2) is 8.87. The van der Waals surface area contributed by atoms with Gasteiger partial charge in [0, 0.05) is 18.7 Å². The van der Waals surface area contributed by atoms with E-state index in [9.17, 15) is 17.6 Å². The fourth-order valence-corrected chi connectivity index (χ4v) is 4.24. The second-order valence-corrected chi connectivity index (χ2v) is 8.39. The van der Waals surface area contributed by atoms with Gasteiger partial charge in [0.2, 0.25) is 5.91 Å². The van der Waals surface area contributed by atoms with Gasteiger partial charge in [-0.2, -0.15) is 0 Å². The standard InChI is InChI=1S/C22H21FN2O3S/c1-17-7-13-21(14-8-17)29(27,28)25(20-5-3-2-4-6-20)16-15-22(26)24-19-11-9-18(23)10-12-19/h2-14H,15-16H2,1H3,(H,24,26). The van der Waals surface area contributed by atoms with Gasteiger partial charge >= 0.3 is 0 Å². The summed E-state index contributed by atoms with van der Waals surface area (Å²) >= 11 is 0. The summed E-state index contributed by atoms with van der Waals surface area (Å²) in [7, 11) is -3.84. The van der Waals surface area contributed by atoms with Crippen LogP contribution in [0.15, 0.2) is 83.8 Å². The van der Waals surface area contributed by atoms with E-state index in [1.807, 2.05) is 6.92 Å². The molecule has 1 amide bonds. The van der Waals surface area contributed by atoms with E-state index in [0.717, 1.165) is 5.56 Å². The van der Waals surface area contributed by atoms with Crippen LogP contribution >= 0.6 is 0 Å². The van der Waals surface area contributed by atoms with Gasteiger partial charge in [-0.25, -0.2) is 12.8 Å². The molecule has 0 aliphatic rings. The van der Waals surface area contributed by atoms with Gasteiger partial charge in [0.15, 0.2) is 0 Å². The number of anilines is 2. The Kier molecular flexibility index (Phi) is 6.29. The van der Waals surface area contributed by atoms with Crippen molar-refractivity contribution >= 4 is 27.3 Å². The zero-order chi connectivity index (χ0) is 20.9. The van der Waals surface area contributed by atoms with Gasteiger partial charge < -0.3 is 5.32 Å². The smallest absolute Gasteiger partial charge is 0.264 e. The molecule has 0 spiro atoms. The summed E-state index contributed by atoms with van der Waals surface area (Å²) in [4.78, 5) is 12.5. The second-order valence-electron chi connectivity index (χ2n) is 6.53. The van der Waals surface area contributed by atoms with E-state index in [2.05, 4.69) is 5.32 Å². The van der Waals surface area contributed by atoms with E-state index in [4.69, 9.17) is 0 Å². The van der Waals surface area contributed by atoms with Crippen LogP contribution in [0, 0.1) is 12.7 Å². The third-order valence-electron chi connectivity index (χ3n) is 4.32. The van der Waals surface area contributed by atoms with E-state index in [0.29, 0.717) is 11.4 Å². The quantitative estimate of drug-likeness (QED) is 0.627. The Hall–Kier alpha value is -3.19. The lowest BCUT2D eigenvalue weighted by Gasteiger charge is -2.24. The molecule has 5 nitrogen and oxygen atoms in total. The fourth-order valence-electron chi connectivity index (χ4n) is 2.78. The van der Waals surface area contributed by atoms with Gasteiger partial charge in [-0.1, -0.05) is 35.9 Å². The van der Waals surface area contributed by atoms with Crippen molar-refractivity contribution in [2.45, 2.75) is 18.2 Å². The molecule has 3 rings (SSSR count). The minimum Gasteiger partial charge on any atom is -0.326 e. The number of hydrogen-bond donors (Lipinski definition) is 1. The van der Waals surface area contributed by atoms with E-state index in [1.165, 1.54) is 28.6 Å². The first-order chi connectivity index (χ1) is 13.9. The number of rotatable bonds is 7. The van der Waals surface area contributed by atoms with Crippen LogP contribution in [0.3, 0.4) is 0 Å². The topological polar surface area (TPSA) is 66.5 Å². The third-order valence-corrected chi connectivity index (χ3v) is 6.16. The maximum atomic E-state index is 13.2. The predicted octanol–water partition coefficient (Wildman–Crippen LogP) is 4.36. The number of sulfonamides is 1. The summed E-state index contributed by atoms with van der Waals surface area (Å²) in [6.45, 7) is 1.85. The average Bonchev–Trinajstić information content (AvgIpc) is 2.71. The summed E-state index contributed by atoms with van der Waals surface area (Å²) in [5, 5.41) is 2.65. The Labute approximate surface area is 169 Å². The van der Waals surface area contributed by atoms with Crippen molar-refractivity contribution in [3.8, 4) is 0 Å². The Morgan fingerprint density at radius 2 is 1.55 bits per heavy atom. The number of benzene rings is 3. The van der Waals surface area contributed by atoms with Crippen molar-refractivity contribution < 1.29 is 17.6 Å².